The van der Waals surface area contributed by atoms with Crippen molar-refractivity contribution < 1.29 is 30.0 Å². The highest BCUT2D eigenvalue weighted by Crippen LogP contribution is 2.06. The van der Waals surface area contributed by atoms with Crippen molar-refractivity contribution in [2.24, 2.45) is 0 Å². The highest BCUT2D eigenvalue weighted by molar-refractivity contribution is 5.95. The van der Waals surface area contributed by atoms with Crippen molar-refractivity contribution in [2.45, 2.75) is 24.9 Å². The minimum absolute atomic E-state index is 0.105. The summed E-state index contributed by atoms with van der Waals surface area (Å²) in [5, 5.41) is 41.4. The molecule has 24 heavy (non-hydrogen) atoms. The van der Waals surface area contributed by atoms with Gasteiger partial charge >= 0.3 is 0 Å². The molecule has 0 spiro atoms. The number of carbonyl (C=O) groups excluding carboxylic acids is 2. The van der Waals surface area contributed by atoms with Crippen molar-refractivity contribution in [1.82, 2.24) is 20.6 Å². The third-order valence-corrected chi connectivity index (χ3v) is 3.34. The van der Waals surface area contributed by atoms with Gasteiger partial charge in [0.15, 0.2) is 0 Å². The maximum Gasteiger partial charge on any atom is 0.272 e. The van der Waals surface area contributed by atoms with Crippen molar-refractivity contribution in [3.63, 3.8) is 0 Å². The molecule has 0 radical (unpaired) electrons. The van der Waals surface area contributed by atoms with E-state index in [0.29, 0.717) is 0 Å². The molecule has 10 nitrogen and oxygen atoms in total. The van der Waals surface area contributed by atoms with E-state index in [9.17, 15) is 9.59 Å². The predicted octanol–water partition coefficient (Wildman–Crippen LogP) is -2.58. The van der Waals surface area contributed by atoms with E-state index in [2.05, 4.69) is 20.6 Å². The minimum atomic E-state index is -1.21. The molecule has 0 atom stereocenters. The van der Waals surface area contributed by atoms with Crippen LogP contribution in [0.25, 0.3) is 0 Å². The van der Waals surface area contributed by atoms with Gasteiger partial charge in [-0.1, -0.05) is 0 Å². The number of rotatable bonds is 8. The number of aliphatic hydroxyl groups is 4. The second kappa shape index (κ2) is 8.11. The Hall–Kier alpha value is -2.14. The lowest BCUT2D eigenvalue weighted by molar-refractivity contribution is 0.0710. The molecule has 0 saturated carbocycles. The number of hydrogen-bond acceptors (Lipinski definition) is 8. The van der Waals surface area contributed by atoms with Gasteiger partial charge in [0.05, 0.1) is 49.9 Å². The van der Waals surface area contributed by atoms with Crippen molar-refractivity contribution >= 4 is 11.8 Å². The number of aliphatic hydroxyl groups excluding tert-OH is 4. The summed E-state index contributed by atoms with van der Waals surface area (Å²) < 4.78 is 0. The molecule has 1 heterocycles. The molecule has 1 aromatic heterocycles. The van der Waals surface area contributed by atoms with Gasteiger partial charge < -0.3 is 31.1 Å². The molecule has 0 aromatic carbocycles. The van der Waals surface area contributed by atoms with E-state index >= 15 is 0 Å². The number of nitrogens with zero attached hydrogens (tertiary/aromatic N) is 2. The SMILES string of the molecule is CC(CO)(CO)NC(=O)c1cnc(C(=O)NC(C)(CO)CO)cn1. The highest BCUT2D eigenvalue weighted by atomic mass is 16.3. The molecule has 6 N–H and O–H groups in total. The third kappa shape index (κ3) is 4.93. The monoisotopic (exact) mass is 342 g/mol. The molecule has 0 aliphatic carbocycles. The van der Waals surface area contributed by atoms with E-state index in [1.807, 2.05) is 0 Å². The summed E-state index contributed by atoms with van der Waals surface area (Å²) in [7, 11) is 0. The van der Waals surface area contributed by atoms with Crippen LogP contribution in [0.3, 0.4) is 0 Å². The summed E-state index contributed by atoms with van der Waals surface area (Å²) in [4.78, 5) is 31.6. The van der Waals surface area contributed by atoms with E-state index in [4.69, 9.17) is 20.4 Å². The molecule has 0 unspecified atom stereocenters. The zero-order valence-corrected chi connectivity index (χ0v) is 13.5. The fraction of sp³-hybridized carbons (Fsp3) is 0.571. The molecule has 0 saturated heterocycles. The maximum absolute atomic E-state index is 12.0. The van der Waals surface area contributed by atoms with Gasteiger partial charge in [0.1, 0.15) is 11.4 Å². The Morgan fingerprint density at radius 2 is 1.12 bits per heavy atom. The van der Waals surface area contributed by atoms with Crippen LogP contribution >= 0.6 is 0 Å². The Balaban J connectivity index is 2.82. The molecule has 1 aromatic rings. The summed E-state index contributed by atoms with van der Waals surface area (Å²) in [6, 6.07) is 0. The van der Waals surface area contributed by atoms with Crippen LogP contribution < -0.4 is 10.6 Å². The normalized spacial score (nSPS) is 11.9. The van der Waals surface area contributed by atoms with Crippen LogP contribution in [0.2, 0.25) is 0 Å². The lowest BCUT2D eigenvalue weighted by Gasteiger charge is -2.26. The molecule has 0 aliphatic rings. The predicted molar refractivity (Wildman–Crippen MR) is 82.1 cm³/mol. The minimum Gasteiger partial charge on any atom is -0.394 e. The number of hydrogen-bond donors (Lipinski definition) is 6. The molecule has 134 valence electrons. The molecule has 0 aliphatic heterocycles. The quantitative estimate of drug-likeness (QED) is 0.300. The van der Waals surface area contributed by atoms with Crippen LogP contribution in [0.5, 0.6) is 0 Å². The Morgan fingerprint density at radius 3 is 1.33 bits per heavy atom. The average Bonchev–Trinajstić information content (AvgIpc) is 2.61. The van der Waals surface area contributed by atoms with Crippen LogP contribution in [0, 0.1) is 0 Å². The smallest absolute Gasteiger partial charge is 0.272 e. The third-order valence-electron chi connectivity index (χ3n) is 3.34. The molecule has 0 fully saturated rings. The standard InChI is InChI=1S/C14H22N4O6/c1-13(5-19,6-20)17-11(23)9-3-16-10(4-15-9)12(24)18-14(2,7-21)8-22/h3-4,19-22H,5-8H2,1-2H3,(H,17,23)(H,18,24). The van der Waals surface area contributed by atoms with E-state index in [0.717, 1.165) is 12.4 Å². The zero-order chi connectivity index (χ0) is 18.4. The number of amides is 2. The topological polar surface area (TPSA) is 165 Å². The van der Waals surface area contributed by atoms with Gasteiger partial charge in [0.25, 0.3) is 11.8 Å². The van der Waals surface area contributed by atoms with Crippen molar-refractivity contribution in [3.8, 4) is 0 Å². The van der Waals surface area contributed by atoms with Crippen molar-refractivity contribution in [1.29, 1.82) is 0 Å². The fourth-order valence-electron chi connectivity index (χ4n) is 1.50. The number of carbonyl (C=O) groups is 2. The molecule has 10 heteroatoms. The second-order valence-corrected chi connectivity index (χ2v) is 5.95. The first-order chi connectivity index (χ1) is 11.2. The largest absolute Gasteiger partial charge is 0.394 e. The van der Waals surface area contributed by atoms with Gasteiger partial charge in [-0.2, -0.15) is 0 Å². The van der Waals surface area contributed by atoms with Crippen LogP contribution in [0.4, 0.5) is 0 Å². The van der Waals surface area contributed by atoms with Gasteiger partial charge in [0, 0.05) is 0 Å². The summed E-state index contributed by atoms with van der Waals surface area (Å²) in [6.45, 7) is 1.03. The maximum atomic E-state index is 12.0. The second-order valence-electron chi connectivity index (χ2n) is 5.95. The van der Waals surface area contributed by atoms with E-state index in [1.54, 1.807) is 0 Å². The Labute approximate surface area is 138 Å². The average molecular weight is 342 g/mol. The van der Waals surface area contributed by atoms with Crippen molar-refractivity contribution in [3.05, 3.63) is 23.8 Å². The van der Waals surface area contributed by atoms with Gasteiger partial charge in [0.2, 0.25) is 0 Å². The van der Waals surface area contributed by atoms with Gasteiger partial charge in [-0.3, -0.25) is 9.59 Å². The van der Waals surface area contributed by atoms with Gasteiger partial charge in [-0.25, -0.2) is 9.97 Å². The summed E-state index contributed by atoms with van der Waals surface area (Å²) in [6.07, 6.45) is 2.13. The Morgan fingerprint density at radius 1 is 0.833 bits per heavy atom. The molecule has 1 rings (SSSR count). The van der Waals surface area contributed by atoms with E-state index < -0.39 is 49.3 Å². The first-order valence-electron chi connectivity index (χ1n) is 7.13. The highest BCUT2D eigenvalue weighted by Gasteiger charge is 2.27. The van der Waals surface area contributed by atoms with Gasteiger partial charge in [-0.05, 0) is 13.8 Å². The first kappa shape index (κ1) is 19.9. The van der Waals surface area contributed by atoms with Crippen LogP contribution in [0.1, 0.15) is 34.8 Å². The Bertz CT molecular complexity index is 518. The first-order valence-corrected chi connectivity index (χ1v) is 7.13. The fourth-order valence-corrected chi connectivity index (χ4v) is 1.50. The molecular weight excluding hydrogens is 320 g/mol. The lowest BCUT2D eigenvalue weighted by Crippen LogP contribution is -2.52. The van der Waals surface area contributed by atoms with Crippen LogP contribution in [-0.4, -0.2) is 79.7 Å². The molecular formula is C14H22N4O6. The lowest BCUT2D eigenvalue weighted by atomic mass is 10.1. The summed E-state index contributed by atoms with van der Waals surface area (Å²) in [5.74, 6) is -1.34. The van der Waals surface area contributed by atoms with Crippen LogP contribution in [-0.2, 0) is 0 Å². The molecule has 2 amide bonds. The van der Waals surface area contributed by atoms with Gasteiger partial charge in [-0.15, -0.1) is 0 Å². The Kier molecular flexibility index (Phi) is 6.72. The number of nitrogens with one attached hydrogen (secondary N) is 2. The van der Waals surface area contributed by atoms with Crippen molar-refractivity contribution in [2.75, 3.05) is 26.4 Å². The number of aromatic nitrogens is 2. The molecule has 0 bridgehead atoms. The summed E-state index contributed by atoms with van der Waals surface area (Å²) >= 11 is 0. The van der Waals surface area contributed by atoms with Crippen LogP contribution in [0.15, 0.2) is 12.4 Å². The zero-order valence-electron chi connectivity index (χ0n) is 13.5. The van der Waals surface area contributed by atoms with E-state index in [-0.39, 0.29) is 11.4 Å². The summed E-state index contributed by atoms with van der Waals surface area (Å²) in [5.41, 5.74) is -2.63. The van der Waals surface area contributed by atoms with E-state index in [1.165, 1.54) is 13.8 Å².